The van der Waals surface area contributed by atoms with Crippen LogP contribution < -0.4 is 5.73 Å². The minimum absolute atomic E-state index is 0.0295. The van der Waals surface area contributed by atoms with Crippen molar-refractivity contribution in [3.63, 3.8) is 0 Å². The summed E-state index contributed by atoms with van der Waals surface area (Å²) in [5.74, 6) is -1.28. The first kappa shape index (κ1) is 35.5. The number of carboxylic acid groups (broad SMARTS) is 1. The van der Waals surface area contributed by atoms with Gasteiger partial charge in [-0.25, -0.2) is 0 Å². The molecule has 8 nitrogen and oxygen atoms in total. The van der Waals surface area contributed by atoms with Gasteiger partial charge in [0.15, 0.2) is 5.78 Å². The molecule has 46 heavy (non-hydrogen) atoms. The molecule has 2 bridgehead atoms. The molecule has 0 amide bonds. The molecule has 0 aromatic rings. The Morgan fingerprint density at radius 1 is 1.09 bits per heavy atom. The Kier molecular flexibility index (Phi) is 8.81. The largest absolute Gasteiger partial charge is 0.481 e. The molecule has 5 rings (SSSR count). The van der Waals surface area contributed by atoms with E-state index in [0.717, 1.165) is 31.3 Å². The van der Waals surface area contributed by atoms with E-state index in [1.54, 1.807) is 0 Å². The minimum atomic E-state index is -1.05. The second-order valence-corrected chi connectivity index (χ2v) is 18.0. The maximum absolute atomic E-state index is 14.8. The molecule has 1 heterocycles. The van der Waals surface area contributed by atoms with Crippen LogP contribution in [0.4, 0.5) is 0 Å². The number of nitrogens with two attached hydrogens (primary N) is 1. The number of carbonyl (C=O) groups excluding carboxylic acids is 2. The lowest BCUT2D eigenvalue weighted by Gasteiger charge is -2.70. The Morgan fingerprint density at radius 2 is 1.74 bits per heavy atom. The van der Waals surface area contributed by atoms with Crippen molar-refractivity contribution in [1.82, 2.24) is 0 Å². The van der Waals surface area contributed by atoms with E-state index in [4.69, 9.17) is 19.9 Å². The summed E-state index contributed by atoms with van der Waals surface area (Å²) in [6.07, 6.45) is 4.77. The summed E-state index contributed by atoms with van der Waals surface area (Å²) in [5.41, 5.74) is 4.10. The molecular formula is C38H61NO7. The van der Waals surface area contributed by atoms with Crippen molar-refractivity contribution >= 4 is 17.7 Å². The summed E-state index contributed by atoms with van der Waals surface area (Å²) >= 11 is 0. The van der Waals surface area contributed by atoms with Crippen LogP contribution in [0, 0.1) is 62.6 Å². The monoisotopic (exact) mass is 643 g/mol. The van der Waals surface area contributed by atoms with Gasteiger partial charge in [0.05, 0.1) is 25.7 Å². The number of allylic oxidation sites excluding steroid dienone is 1. The van der Waals surface area contributed by atoms with E-state index >= 15 is 0 Å². The molecule has 5 aliphatic rings. The highest BCUT2D eigenvalue weighted by Crippen LogP contribution is 2.74. The van der Waals surface area contributed by atoms with Crippen LogP contribution in [0.2, 0.25) is 0 Å². The minimum Gasteiger partial charge on any atom is -0.481 e. The fourth-order valence-electron chi connectivity index (χ4n) is 11.4. The van der Waals surface area contributed by atoms with Crippen molar-refractivity contribution in [1.29, 1.82) is 0 Å². The number of aliphatic carboxylic acids is 1. The van der Waals surface area contributed by atoms with Gasteiger partial charge in [0, 0.05) is 28.7 Å². The summed E-state index contributed by atoms with van der Waals surface area (Å²) in [6, 6.07) is 0. The Balaban J connectivity index is 1.62. The SMILES string of the molecule is CC(=O)O[C@@H]1C[C@@]23COC[C@](C)([C@@H]2CC[C@H]2C3=CC(=O)[C@@]3(C)[C@H](C(=O)O)[C@@](C)([C@H](C)C(C)C)CC[C@]23C)[C@H]1OCC(C)(N)C(C)C. The molecule has 3 saturated carbocycles. The van der Waals surface area contributed by atoms with Gasteiger partial charge in [-0.2, -0.15) is 0 Å². The normalized spacial score (nSPS) is 45.6. The Morgan fingerprint density at radius 3 is 2.30 bits per heavy atom. The number of rotatable bonds is 8. The van der Waals surface area contributed by atoms with Crippen LogP contribution >= 0.6 is 0 Å². The first-order valence-electron chi connectivity index (χ1n) is 17.8. The Bertz CT molecular complexity index is 1290. The van der Waals surface area contributed by atoms with Gasteiger partial charge in [0.25, 0.3) is 0 Å². The third-order valence-corrected chi connectivity index (χ3v) is 15.2. The Labute approximate surface area is 276 Å². The zero-order valence-corrected chi connectivity index (χ0v) is 30.3. The highest BCUT2D eigenvalue weighted by atomic mass is 16.6. The molecule has 8 heteroatoms. The lowest BCUT2D eigenvalue weighted by Crippen LogP contribution is -2.71. The van der Waals surface area contributed by atoms with E-state index in [1.807, 2.05) is 19.9 Å². The van der Waals surface area contributed by atoms with Crippen molar-refractivity contribution in [3.8, 4) is 0 Å². The van der Waals surface area contributed by atoms with E-state index in [2.05, 4.69) is 55.4 Å². The molecule has 1 aliphatic heterocycles. The number of ether oxygens (including phenoxy) is 3. The number of hydrogen-bond donors (Lipinski definition) is 2. The summed E-state index contributed by atoms with van der Waals surface area (Å²) in [6.45, 7) is 23.8. The number of carboxylic acids is 1. The average Bonchev–Trinajstić information content (AvgIpc) is 2.93. The maximum Gasteiger partial charge on any atom is 0.308 e. The smallest absolute Gasteiger partial charge is 0.308 e. The second kappa shape index (κ2) is 11.4. The number of esters is 1. The molecule has 12 atom stereocenters. The lowest BCUT2D eigenvalue weighted by atomic mass is 9.34. The first-order valence-corrected chi connectivity index (χ1v) is 17.8. The molecule has 3 N–H and O–H groups in total. The van der Waals surface area contributed by atoms with Gasteiger partial charge in [-0.05, 0) is 85.5 Å². The number of carbonyl (C=O) groups is 3. The highest BCUT2D eigenvalue weighted by molar-refractivity contribution is 6.00. The third kappa shape index (κ3) is 4.80. The van der Waals surface area contributed by atoms with Crippen LogP contribution in [-0.2, 0) is 28.6 Å². The summed E-state index contributed by atoms with van der Waals surface area (Å²) in [5, 5.41) is 10.9. The van der Waals surface area contributed by atoms with Gasteiger partial charge < -0.3 is 25.1 Å². The molecule has 0 spiro atoms. The van der Waals surface area contributed by atoms with E-state index in [1.165, 1.54) is 6.92 Å². The van der Waals surface area contributed by atoms with E-state index < -0.39 is 56.7 Å². The van der Waals surface area contributed by atoms with Gasteiger partial charge in [0.2, 0.25) is 0 Å². The fourth-order valence-corrected chi connectivity index (χ4v) is 11.4. The van der Waals surface area contributed by atoms with Crippen LogP contribution in [0.3, 0.4) is 0 Å². The van der Waals surface area contributed by atoms with Crippen molar-refractivity contribution in [3.05, 3.63) is 11.6 Å². The number of hydrogen-bond acceptors (Lipinski definition) is 7. The van der Waals surface area contributed by atoms with Crippen LogP contribution in [-0.4, -0.2) is 60.4 Å². The molecule has 4 aliphatic carbocycles. The predicted octanol–water partition coefficient (Wildman–Crippen LogP) is 6.44. The molecule has 1 unspecified atom stereocenters. The number of ketones is 1. The maximum atomic E-state index is 14.8. The van der Waals surface area contributed by atoms with E-state index in [-0.39, 0.29) is 35.4 Å². The average molecular weight is 644 g/mol. The molecule has 0 aromatic heterocycles. The van der Waals surface area contributed by atoms with Crippen LogP contribution in [0.1, 0.15) is 108 Å². The summed E-state index contributed by atoms with van der Waals surface area (Å²) in [7, 11) is 0. The van der Waals surface area contributed by atoms with Gasteiger partial charge in [-0.15, -0.1) is 0 Å². The van der Waals surface area contributed by atoms with Gasteiger partial charge in [0.1, 0.15) is 12.2 Å². The molecule has 0 radical (unpaired) electrons. The Hall–Kier alpha value is -1.77. The quantitative estimate of drug-likeness (QED) is 0.290. The first-order chi connectivity index (χ1) is 21.1. The zero-order valence-electron chi connectivity index (χ0n) is 30.3. The summed E-state index contributed by atoms with van der Waals surface area (Å²) < 4.78 is 19.3. The van der Waals surface area contributed by atoms with Crippen molar-refractivity contribution in [2.24, 2.45) is 68.3 Å². The van der Waals surface area contributed by atoms with Gasteiger partial charge >= 0.3 is 11.9 Å². The van der Waals surface area contributed by atoms with Crippen molar-refractivity contribution in [2.75, 3.05) is 19.8 Å². The van der Waals surface area contributed by atoms with Gasteiger partial charge in [-0.1, -0.05) is 67.9 Å². The third-order valence-electron chi connectivity index (χ3n) is 15.2. The fraction of sp³-hybridized carbons (Fsp3) is 0.868. The topological polar surface area (TPSA) is 125 Å². The van der Waals surface area contributed by atoms with E-state index in [0.29, 0.717) is 32.2 Å². The van der Waals surface area contributed by atoms with Crippen LogP contribution in [0.15, 0.2) is 11.6 Å². The van der Waals surface area contributed by atoms with Crippen LogP contribution in [0.25, 0.3) is 0 Å². The lowest BCUT2D eigenvalue weighted by molar-refractivity contribution is -0.268. The van der Waals surface area contributed by atoms with Crippen LogP contribution in [0.5, 0.6) is 0 Å². The molecule has 4 fully saturated rings. The molecule has 260 valence electrons. The molecule has 0 aromatic carbocycles. The zero-order chi connectivity index (χ0) is 34.4. The molecular weight excluding hydrogens is 582 g/mol. The predicted molar refractivity (Wildman–Crippen MR) is 177 cm³/mol. The number of fused-ring (bicyclic) bond motifs is 3. The summed E-state index contributed by atoms with van der Waals surface area (Å²) in [4.78, 5) is 40.7. The standard InChI is InChI=1S/C38H61NO7/c1-21(2)23(5)33(7)14-15-35(9)25-12-13-28-34(8)18-44-20-38(28,26(25)16-29(41)37(35,11)30(33)32(42)43)17-27(46-24(6)40)31(34)45-19-36(10,39)22(3)4/h16,21-23,25,27-28,30-31H,12-15,17-20,39H2,1-11H3,(H,42,43)/t23-,25+,27-,28+,30-,31+,33-,34-,35-,36?,37+,38+/m1/s1. The van der Waals surface area contributed by atoms with Crippen molar-refractivity contribution < 1.29 is 33.7 Å². The highest BCUT2D eigenvalue weighted by Gasteiger charge is 2.74. The second-order valence-electron chi connectivity index (χ2n) is 18.0. The molecule has 1 saturated heterocycles. The van der Waals surface area contributed by atoms with E-state index in [9.17, 15) is 19.5 Å². The van der Waals surface area contributed by atoms with Crippen molar-refractivity contribution in [2.45, 2.75) is 126 Å². The van der Waals surface area contributed by atoms with Gasteiger partial charge in [-0.3, -0.25) is 14.4 Å².